The van der Waals surface area contributed by atoms with E-state index in [2.05, 4.69) is 27.8 Å². The lowest BCUT2D eigenvalue weighted by molar-refractivity contribution is -0.910. The first kappa shape index (κ1) is 47.1. The van der Waals surface area contributed by atoms with Gasteiger partial charge in [-0.05, 0) is 50.7 Å². The number of unbranched alkanes of at least 4 members (excludes halogenated alkanes) is 27. The monoisotopic (exact) mass is 695 g/mol. The van der Waals surface area contributed by atoms with E-state index in [4.69, 9.17) is 4.55 Å². The molecule has 284 valence electrons. The van der Waals surface area contributed by atoms with Crippen LogP contribution in [0.25, 0.3) is 0 Å². The van der Waals surface area contributed by atoms with Gasteiger partial charge in [-0.2, -0.15) is 8.42 Å². The van der Waals surface area contributed by atoms with Gasteiger partial charge < -0.3 is 4.48 Å². The fourth-order valence-corrected chi connectivity index (χ4v) is 7.37. The van der Waals surface area contributed by atoms with E-state index < -0.39 is 10.1 Å². The molecule has 0 atom stereocenters. The molecule has 0 saturated heterocycles. The summed E-state index contributed by atoms with van der Waals surface area (Å²) in [7, 11) is -1.40. The molecule has 1 rings (SSSR count). The first-order chi connectivity index (χ1) is 23.3. The quantitative estimate of drug-likeness (QED) is 0.0444. The third kappa shape index (κ3) is 32.3. The van der Waals surface area contributed by atoms with Crippen LogP contribution in [-0.2, 0) is 10.1 Å². The van der Waals surface area contributed by atoms with Crippen molar-refractivity contribution in [1.29, 1.82) is 0 Å². The molecule has 0 heterocycles. The van der Waals surface area contributed by atoms with Crippen molar-refractivity contribution in [1.82, 2.24) is 0 Å². The third-order valence-corrected chi connectivity index (χ3v) is 11.1. The lowest BCUT2D eigenvalue weighted by Crippen LogP contribution is -2.46. The van der Waals surface area contributed by atoms with Crippen molar-refractivity contribution in [3.8, 4) is 0 Å². The highest BCUT2D eigenvalue weighted by Crippen LogP contribution is 2.18. The van der Waals surface area contributed by atoms with Crippen LogP contribution in [0.3, 0.4) is 0 Å². The molecule has 0 aromatic heterocycles. The highest BCUT2D eigenvalue weighted by Gasteiger charge is 2.20. The van der Waals surface area contributed by atoms with E-state index in [-0.39, 0.29) is 4.90 Å². The zero-order chi connectivity index (χ0) is 35.4. The Bertz CT molecular complexity index is 813. The van der Waals surface area contributed by atoms with Gasteiger partial charge in [0.15, 0.2) is 0 Å². The van der Waals surface area contributed by atoms with Crippen molar-refractivity contribution in [3.05, 3.63) is 30.3 Å². The lowest BCUT2D eigenvalue weighted by Gasteiger charge is -2.35. The number of nitrogens with zero attached hydrogens (tertiary/aromatic N) is 1. The molecule has 0 radical (unpaired) electrons. The van der Waals surface area contributed by atoms with Crippen molar-refractivity contribution in [2.24, 2.45) is 0 Å². The third-order valence-electron chi connectivity index (χ3n) is 10.2. The summed E-state index contributed by atoms with van der Waals surface area (Å²) in [6.45, 7) is 11.3. The van der Waals surface area contributed by atoms with Gasteiger partial charge in [0.1, 0.15) is 0 Å². The predicted octanol–water partition coefficient (Wildman–Crippen LogP) is 14.1. The van der Waals surface area contributed by atoms with Crippen LogP contribution in [0.5, 0.6) is 0 Å². The second-order valence-corrected chi connectivity index (χ2v) is 16.5. The second kappa shape index (κ2) is 34.5. The smallest absolute Gasteiger partial charge is 0.294 e. The van der Waals surface area contributed by atoms with E-state index in [0.717, 1.165) is 0 Å². The Hall–Kier alpha value is -0.910. The van der Waals surface area contributed by atoms with Crippen LogP contribution < -0.4 is 0 Å². The molecule has 5 heteroatoms. The molecule has 48 heavy (non-hydrogen) atoms. The minimum Gasteiger partial charge on any atom is -0.326 e. The van der Waals surface area contributed by atoms with Gasteiger partial charge in [-0.1, -0.05) is 193 Å². The molecule has 0 bridgehead atoms. The number of quaternary nitrogens is 1. The minimum absolute atomic E-state index is 0.0741. The van der Waals surface area contributed by atoms with Crippen LogP contribution in [0.2, 0.25) is 0 Å². The average molecular weight is 695 g/mol. The van der Waals surface area contributed by atoms with Crippen molar-refractivity contribution in [2.75, 3.05) is 26.7 Å². The van der Waals surface area contributed by atoms with Crippen LogP contribution >= 0.6 is 0 Å². The van der Waals surface area contributed by atoms with Gasteiger partial charge >= 0.3 is 0 Å². The molecule has 1 aromatic rings. The Kier molecular flexibility index (Phi) is 33.9. The summed E-state index contributed by atoms with van der Waals surface area (Å²) in [6.07, 6.45) is 43.8. The van der Waals surface area contributed by atoms with Crippen LogP contribution in [-0.4, -0.2) is 44.1 Å². The number of rotatable bonds is 34. The molecule has 0 unspecified atom stereocenters. The predicted molar refractivity (Wildman–Crippen MR) is 213 cm³/mol. The zero-order valence-corrected chi connectivity index (χ0v) is 33.7. The molecule has 0 amide bonds. The van der Waals surface area contributed by atoms with E-state index in [0.29, 0.717) is 0 Å². The fourth-order valence-electron chi connectivity index (χ4n) is 6.87. The molecule has 0 aliphatic rings. The maximum absolute atomic E-state index is 10.4. The van der Waals surface area contributed by atoms with E-state index in [1.54, 1.807) is 18.2 Å². The van der Waals surface area contributed by atoms with Crippen molar-refractivity contribution < 1.29 is 17.5 Å². The summed E-state index contributed by atoms with van der Waals surface area (Å²) < 4.78 is 30.6. The first-order valence-corrected chi connectivity index (χ1v) is 22.6. The highest BCUT2D eigenvalue weighted by molar-refractivity contribution is 7.85. The molecule has 1 aromatic carbocycles. The molecule has 0 saturated carbocycles. The van der Waals surface area contributed by atoms with Crippen molar-refractivity contribution in [3.63, 3.8) is 0 Å². The summed E-state index contributed by atoms with van der Waals surface area (Å²) in [5.74, 6) is 0. The maximum Gasteiger partial charge on any atom is 0.294 e. The standard InChI is InChI=1S/C37H78N.C6H6O3S/c1-5-8-11-14-17-20-23-26-29-32-35-38(4,36-33-30-27-24-21-18-15-12-9-6-2)37-34-31-28-25-22-19-16-13-10-7-3;7-10(8,9)6-4-2-1-3-5-6/h5-37H2,1-4H3;1-5H,(H,7,8,9)/q+1;. The largest absolute Gasteiger partial charge is 0.326 e. The van der Waals surface area contributed by atoms with Crippen molar-refractivity contribution >= 4 is 10.1 Å². The maximum atomic E-state index is 10.4. The average Bonchev–Trinajstić information content (AvgIpc) is 3.08. The molecular formula is C43H84NO3S+. The lowest BCUT2D eigenvalue weighted by atomic mass is 10.0. The number of hydrogen-bond acceptors (Lipinski definition) is 2. The second-order valence-electron chi connectivity index (χ2n) is 15.1. The van der Waals surface area contributed by atoms with Crippen LogP contribution in [0, 0.1) is 0 Å². The van der Waals surface area contributed by atoms with Crippen LogP contribution in [0.15, 0.2) is 35.2 Å². The highest BCUT2D eigenvalue weighted by atomic mass is 32.2. The van der Waals surface area contributed by atoms with E-state index >= 15 is 0 Å². The molecular weight excluding hydrogens is 611 g/mol. The Labute approximate surface area is 302 Å². The summed E-state index contributed by atoms with van der Waals surface area (Å²) in [5.41, 5.74) is 0. The zero-order valence-electron chi connectivity index (χ0n) is 32.8. The van der Waals surface area contributed by atoms with E-state index in [9.17, 15) is 8.42 Å². The Morgan fingerprint density at radius 2 is 0.646 bits per heavy atom. The SMILES string of the molecule is CCCCCCCCCCCC[N+](C)(CCCCCCCCCCCC)CCCCCCCCCCCC.O=S(=O)(O)c1ccccc1. The Balaban J connectivity index is 0.00000186. The topological polar surface area (TPSA) is 54.4 Å². The normalized spacial score (nSPS) is 11.9. The van der Waals surface area contributed by atoms with Gasteiger partial charge in [0.2, 0.25) is 0 Å². The van der Waals surface area contributed by atoms with Gasteiger partial charge in [0.25, 0.3) is 10.1 Å². The molecule has 0 aliphatic carbocycles. The van der Waals surface area contributed by atoms with Gasteiger partial charge in [0, 0.05) is 0 Å². The van der Waals surface area contributed by atoms with E-state index in [1.165, 1.54) is 229 Å². The molecule has 1 N–H and O–H groups in total. The summed E-state index contributed by atoms with van der Waals surface area (Å²) in [4.78, 5) is -0.0741. The molecule has 0 aliphatic heterocycles. The molecule has 0 fully saturated rings. The van der Waals surface area contributed by atoms with E-state index in [1.807, 2.05) is 0 Å². The molecule has 0 spiro atoms. The number of benzene rings is 1. The van der Waals surface area contributed by atoms with Crippen LogP contribution in [0.1, 0.15) is 213 Å². The molecule has 4 nitrogen and oxygen atoms in total. The van der Waals surface area contributed by atoms with Gasteiger partial charge in [0.05, 0.1) is 31.6 Å². The summed E-state index contributed by atoms with van der Waals surface area (Å²) in [6, 6.07) is 7.42. The Morgan fingerprint density at radius 1 is 0.417 bits per heavy atom. The fraction of sp³-hybridized carbons (Fsp3) is 0.860. The van der Waals surface area contributed by atoms with Crippen LogP contribution in [0.4, 0.5) is 0 Å². The van der Waals surface area contributed by atoms with Gasteiger partial charge in [-0.25, -0.2) is 0 Å². The summed E-state index contributed by atoms with van der Waals surface area (Å²) in [5, 5.41) is 0. The van der Waals surface area contributed by atoms with Crippen molar-refractivity contribution in [2.45, 2.75) is 218 Å². The first-order valence-electron chi connectivity index (χ1n) is 21.1. The summed E-state index contributed by atoms with van der Waals surface area (Å²) >= 11 is 0. The Morgan fingerprint density at radius 3 is 0.854 bits per heavy atom. The van der Waals surface area contributed by atoms with Gasteiger partial charge in [-0.3, -0.25) is 4.55 Å². The number of hydrogen-bond donors (Lipinski definition) is 1. The minimum atomic E-state index is -4.00. The van der Waals surface area contributed by atoms with Gasteiger partial charge in [-0.15, -0.1) is 0 Å².